The average molecular weight is 303 g/mol. The van der Waals surface area contributed by atoms with Crippen LogP contribution in [0.2, 0.25) is 0 Å². The van der Waals surface area contributed by atoms with Gasteiger partial charge in [-0.15, -0.1) is 12.6 Å². The normalized spacial score (nSPS) is 28.0. The molecule has 6 heteroatoms. The lowest BCUT2D eigenvalue weighted by Crippen LogP contribution is -2.57. The highest BCUT2D eigenvalue weighted by molar-refractivity contribution is 7.80. The fraction of sp³-hybridized carbons (Fsp3) is 0.467. The molecule has 1 N–H and O–H groups in total. The molecule has 3 fully saturated rings. The fourth-order valence-electron chi connectivity index (χ4n) is 3.41. The van der Waals surface area contributed by atoms with Crippen molar-refractivity contribution in [3.8, 4) is 0 Å². The van der Waals surface area contributed by atoms with Crippen molar-refractivity contribution < 1.29 is 9.21 Å². The van der Waals surface area contributed by atoms with Crippen molar-refractivity contribution in [2.75, 3.05) is 19.6 Å². The number of nitrogens with zero attached hydrogens (tertiary/aromatic N) is 2. The number of hydrogen-bond acceptors (Lipinski definition) is 5. The lowest BCUT2D eigenvalue weighted by Gasteiger charge is -2.44. The van der Waals surface area contributed by atoms with Gasteiger partial charge in [-0.2, -0.15) is 0 Å². The number of thiol groups is 1. The maximum Gasteiger partial charge on any atom is 0.270 e. The number of rotatable bonds is 2. The van der Waals surface area contributed by atoms with Crippen LogP contribution in [0.3, 0.4) is 0 Å². The molecule has 0 aliphatic carbocycles. The molecule has 0 radical (unpaired) electrons. The van der Waals surface area contributed by atoms with E-state index in [1.165, 1.54) is 25.9 Å². The van der Waals surface area contributed by atoms with Crippen LogP contribution in [0.1, 0.15) is 23.3 Å². The number of piperidine rings is 3. The summed E-state index contributed by atoms with van der Waals surface area (Å²) in [5, 5.41) is 3.97. The first-order valence-electron chi connectivity index (χ1n) is 7.30. The molecule has 0 saturated carbocycles. The van der Waals surface area contributed by atoms with Crippen molar-refractivity contribution in [3.05, 3.63) is 24.2 Å². The molecule has 110 valence electrons. The Morgan fingerprint density at radius 2 is 2.24 bits per heavy atom. The number of furan rings is 1. The molecule has 0 spiro atoms. The molecular formula is C15H17N3O2S. The number of pyridine rings is 1. The molecule has 5 rings (SSSR count). The Kier molecular flexibility index (Phi) is 3.15. The summed E-state index contributed by atoms with van der Waals surface area (Å²) >= 11 is 4.32. The summed E-state index contributed by atoms with van der Waals surface area (Å²) in [6.07, 6.45) is 5.50. The number of amides is 1. The minimum Gasteiger partial charge on any atom is -0.462 e. The van der Waals surface area contributed by atoms with E-state index in [-0.39, 0.29) is 11.9 Å². The molecule has 21 heavy (non-hydrogen) atoms. The highest BCUT2D eigenvalue weighted by Crippen LogP contribution is 2.28. The molecule has 3 saturated heterocycles. The Morgan fingerprint density at radius 3 is 2.95 bits per heavy atom. The van der Waals surface area contributed by atoms with Crippen molar-refractivity contribution in [2.24, 2.45) is 5.92 Å². The van der Waals surface area contributed by atoms with Crippen LogP contribution in [0, 0.1) is 5.92 Å². The monoisotopic (exact) mass is 303 g/mol. The molecule has 1 amide bonds. The number of nitrogens with one attached hydrogen (secondary N) is 1. The molecule has 2 aromatic heterocycles. The van der Waals surface area contributed by atoms with Crippen LogP contribution in [0.25, 0.3) is 11.0 Å². The van der Waals surface area contributed by atoms with Gasteiger partial charge in [0.25, 0.3) is 5.91 Å². The molecule has 3 aliphatic heterocycles. The summed E-state index contributed by atoms with van der Waals surface area (Å²) in [6.45, 7) is 3.29. The minimum atomic E-state index is -0.107. The van der Waals surface area contributed by atoms with Crippen molar-refractivity contribution in [1.29, 1.82) is 0 Å². The molecule has 5 nitrogen and oxygen atoms in total. The molecular weight excluding hydrogens is 286 g/mol. The first-order valence-corrected chi connectivity index (χ1v) is 7.75. The van der Waals surface area contributed by atoms with E-state index in [4.69, 9.17) is 4.42 Å². The van der Waals surface area contributed by atoms with E-state index in [2.05, 4.69) is 27.8 Å². The van der Waals surface area contributed by atoms with Gasteiger partial charge in [-0.1, -0.05) is 0 Å². The lowest BCUT2D eigenvalue weighted by atomic mass is 9.84. The van der Waals surface area contributed by atoms with Gasteiger partial charge in [-0.3, -0.25) is 4.79 Å². The fourth-order valence-corrected chi connectivity index (χ4v) is 3.64. The highest BCUT2D eigenvalue weighted by atomic mass is 32.1. The van der Waals surface area contributed by atoms with Gasteiger partial charge in [0.1, 0.15) is 12.0 Å². The number of hydrogen-bond donors (Lipinski definition) is 2. The predicted molar refractivity (Wildman–Crippen MR) is 81.7 cm³/mol. The maximum absolute atomic E-state index is 12.4. The summed E-state index contributed by atoms with van der Waals surface area (Å²) in [5.74, 6) is 0.502. The van der Waals surface area contributed by atoms with Gasteiger partial charge < -0.3 is 14.6 Å². The van der Waals surface area contributed by atoms with Crippen LogP contribution in [0.15, 0.2) is 27.8 Å². The van der Waals surface area contributed by atoms with Crippen LogP contribution < -0.4 is 5.32 Å². The van der Waals surface area contributed by atoms with E-state index >= 15 is 0 Å². The third kappa shape index (κ3) is 2.32. The molecule has 3 aliphatic rings. The predicted octanol–water partition coefficient (Wildman–Crippen LogP) is 1.94. The van der Waals surface area contributed by atoms with E-state index < -0.39 is 0 Å². The molecule has 2 bridgehead atoms. The van der Waals surface area contributed by atoms with E-state index in [0.29, 0.717) is 17.2 Å². The first-order chi connectivity index (χ1) is 10.2. The second kappa shape index (κ2) is 5.03. The second-order valence-electron chi connectivity index (χ2n) is 5.90. The quantitative estimate of drug-likeness (QED) is 0.833. The van der Waals surface area contributed by atoms with Crippen molar-refractivity contribution in [2.45, 2.75) is 23.8 Å². The van der Waals surface area contributed by atoms with Gasteiger partial charge in [0.2, 0.25) is 0 Å². The third-order valence-corrected chi connectivity index (χ3v) is 4.99. The summed E-state index contributed by atoms with van der Waals surface area (Å²) in [5.41, 5.74) is 1.08. The standard InChI is InChI=1S/C15H17N3O2S/c19-15(17-12-7-18-3-1-9(12)2-4-18)11-5-10-13(6-16-11)20-8-14(10)21/h5-6,8-9,12,21H,1-4,7H2,(H,17,19)/t12-/m0/s1. The average Bonchev–Trinajstić information content (AvgIpc) is 2.89. The van der Waals surface area contributed by atoms with E-state index in [0.717, 1.165) is 16.8 Å². The molecule has 0 unspecified atom stereocenters. The van der Waals surface area contributed by atoms with Gasteiger partial charge >= 0.3 is 0 Å². The Hall–Kier alpha value is -1.53. The Labute approximate surface area is 128 Å². The van der Waals surface area contributed by atoms with Crippen LogP contribution in [0.5, 0.6) is 0 Å². The van der Waals surface area contributed by atoms with Gasteiger partial charge in [0, 0.05) is 18.0 Å². The highest BCUT2D eigenvalue weighted by Gasteiger charge is 2.35. The zero-order chi connectivity index (χ0) is 14.4. The smallest absolute Gasteiger partial charge is 0.270 e. The Balaban J connectivity index is 1.54. The number of fused-ring (bicyclic) bond motifs is 4. The van der Waals surface area contributed by atoms with Crippen LogP contribution >= 0.6 is 12.6 Å². The first kappa shape index (κ1) is 13.2. The number of aromatic nitrogens is 1. The SMILES string of the molecule is O=C(N[C@H]1CN2CCC1CC2)c1cc2c(S)coc2cn1. The summed E-state index contributed by atoms with van der Waals surface area (Å²) in [7, 11) is 0. The largest absolute Gasteiger partial charge is 0.462 e. The summed E-state index contributed by atoms with van der Waals surface area (Å²) in [4.78, 5) is 19.8. The number of carbonyl (C=O) groups is 1. The van der Waals surface area contributed by atoms with Crippen LogP contribution in [-0.4, -0.2) is 41.5 Å². The molecule has 2 aromatic rings. The summed E-state index contributed by atoms with van der Waals surface area (Å²) in [6, 6.07) is 2.00. The van der Waals surface area contributed by atoms with Crippen LogP contribution in [0.4, 0.5) is 0 Å². The Morgan fingerprint density at radius 1 is 1.43 bits per heavy atom. The van der Waals surface area contributed by atoms with E-state index in [1.54, 1.807) is 18.5 Å². The zero-order valence-corrected chi connectivity index (χ0v) is 12.5. The third-order valence-electron chi connectivity index (χ3n) is 4.65. The zero-order valence-electron chi connectivity index (χ0n) is 11.6. The van der Waals surface area contributed by atoms with Crippen molar-refractivity contribution in [1.82, 2.24) is 15.2 Å². The number of carbonyl (C=O) groups excluding carboxylic acids is 1. The van der Waals surface area contributed by atoms with Gasteiger partial charge in [-0.25, -0.2) is 4.98 Å². The summed E-state index contributed by atoms with van der Waals surface area (Å²) < 4.78 is 5.30. The second-order valence-corrected chi connectivity index (χ2v) is 6.39. The Bertz CT molecular complexity index is 691. The molecule has 1 atom stereocenters. The van der Waals surface area contributed by atoms with E-state index in [9.17, 15) is 4.79 Å². The van der Waals surface area contributed by atoms with E-state index in [1.807, 2.05) is 0 Å². The van der Waals surface area contributed by atoms with Gasteiger partial charge in [0.15, 0.2) is 5.58 Å². The van der Waals surface area contributed by atoms with Crippen molar-refractivity contribution >= 4 is 29.5 Å². The molecule has 5 heterocycles. The van der Waals surface area contributed by atoms with Gasteiger partial charge in [-0.05, 0) is 37.9 Å². The maximum atomic E-state index is 12.4. The molecule has 0 aromatic carbocycles. The lowest BCUT2D eigenvalue weighted by molar-refractivity contribution is 0.0618. The van der Waals surface area contributed by atoms with Crippen LogP contribution in [-0.2, 0) is 0 Å². The van der Waals surface area contributed by atoms with Crippen molar-refractivity contribution in [3.63, 3.8) is 0 Å². The van der Waals surface area contributed by atoms with Gasteiger partial charge in [0.05, 0.1) is 11.1 Å². The topological polar surface area (TPSA) is 58.4 Å². The minimum absolute atomic E-state index is 0.107.